The molecule has 4 rings (SSSR count). The third kappa shape index (κ3) is 4.26. The quantitative estimate of drug-likeness (QED) is 0.592. The van der Waals surface area contributed by atoms with Gasteiger partial charge in [-0.2, -0.15) is 0 Å². The predicted molar refractivity (Wildman–Crippen MR) is 125 cm³/mol. The molecule has 2 amide bonds. The van der Waals surface area contributed by atoms with E-state index in [1.165, 1.54) is 0 Å². The van der Waals surface area contributed by atoms with Gasteiger partial charge in [0.25, 0.3) is 5.91 Å². The Morgan fingerprint density at radius 1 is 1.09 bits per heavy atom. The fourth-order valence-electron chi connectivity index (χ4n) is 3.94. The molecule has 0 aromatic heterocycles. The minimum atomic E-state index is -0.623. The summed E-state index contributed by atoms with van der Waals surface area (Å²) in [6, 6.07) is 19.3. The molecule has 0 saturated carbocycles. The van der Waals surface area contributed by atoms with Crippen LogP contribution in [0, 0.1) is 0 Å². The number of nitrogens with zero attached hydrogens (tertiary/aromatic N) is 1. The molecule has 166 valence electrons. The minimum Gasteiger partial charge on any atom is -0.479 e. The van der Waals surface area contributed by atoms with Gasteiger partial charge in [0.2, 0.25) is 0 Å². The Kier molecular flexibility index (Phi) is 5.55. The summed E-state index contributed by atoms with van der Waals surface area (Å²) in [4.78, 5) is 26.8. The van der Waals surface area contributed by atoms with Gasteiger partial charge in [-0.3, -0.25) is 4.79 Å². The SMILES string of the molecule is CC1Oc2ccc(C(c3cccc4ccccc34)N(C)C(=O)OC(C)(C)C)cc2NC1=O. The fraction of sp³-hybridized carbons (Fsp3) is 0.308. The van der Waals surface area contributed by atoms with Crippen LogP contribution in [0.5, 0.6) is 5.75 Å². The lowest BCUT2D eigenvalue weighted by atomic mass is 9.92. The maximum absolute atomic E-state index is 13.1. The number of anilines is 1. The van der Waals surface area contributed by atoms with E-state index in [-0.39, 0.29) is 5.91 Å². The number of hydrogen-bond donors (Lipinski definition) is 1. The van der Waals surface area contributed by atoms with Crippen molar-refractivity contribution < 1.29 is 19.1 Å². The van der Waals surface area contributed by atoms with E-state index in [2.05, 4.69) is 5.32 Å². The van der Waals surface area contributed by atoms with Gasteiger partial charge in [-0.25, -0.2) is 4.79 Å². The van der Waals surface area contributed by atoms with Crippen molar-refractivity contribution in [3.63, 3.8) is 0 Å². The molecule has 0 aliphatic carbocycles. The van der Waals surface area contributed by atoms with E-state index >= 15 is 0 Å². The molecule has 2 atom stereocenters. The van der Waals surface area contributed by atoms with Crippen LogP contribution in [-0.2, 0) is 9.53 Å². The number of rotatable bonds is 3. The zero-order valence-corrected chi connectivity index (χ0v) is 19.0. The van der Waals surface area contributed by atoms with Crippen LogP contribution in [0.4, 0.5) is 10.5 Å². The van der Waals surface area contributed by atoms with Gasteiger partial charge in [0.05, 0.1) is 11.7 Å². The Morgan fingerprint density at radius 2 is 1.81 bits per heavy atom. The molecular weight excluding hydrogens is 404 g/mol. The Labute approximate surface area is 188 Å². The maximum Gasteiger partial charge on any atom is 0.410 e. The van der Waals surface area contributed by atoms with E-state index in [0.717, 1.165) is 21.9 Å². The maximum atomic E-state index is 13.1. The summed E-state index contributed by atoms with van der Waals surface area (Å²) in [7, 11) is 1.73. The van der Waals surface area contributed by atoms with Gasteiger partial charge in [0.15, 0.2) is 6.10 Å². The first-order valence-corrected chi connectivity index (χ1v) is 10.7. The van der Waals surface area contributed by atoms with Crippen molar-refractivity contribution in [1.29, 1.82) is 0 Å². The van der Waals surface area contributed by atoms with Gasteiger partial charge < -0.3 is 19.7 Å². The molecule has 3 aromatic carbocycles. The molecule has 6 heteroatoms. The molecule has 0 spiro atoms. The molecule has 0 radical (unpaired) electrons. The first kappa shape index (κ1) is 21.7. The Morgan fingerprint density at radius 3 is 2.56 bits per heavy atom. The van der Waals surface area contributed by atoms with Crippen molar-refractivity contribution in [2.45, 2.75) is 45.4 Å². The number of nitrogens with one attached hydrogen (secondary N) is 1. The summed E-state index contributed by atoms with van der Waals surface area (Å²) in [5.41, 5.74) is 1.77. The van der Waals surface area contributed by atoms with E-state index in [0.29, 0.717) is 11.4 Å². The second kappa shape index (κ2) is 8.19. The molecule has 0 fully saturated rings. The highest BCUT2D eigenvalue weighted by atomic mass is 16.6. The first-order valence-electron chi connectivity index (χ1n) is 10.7. The number of hydrogen-bond acceptors (Lipinski definition) is 4. The van der Waals surface area contributed by atoms with Crippen molar-refractivity contribution in [2.75, 3.05) is 12.4 Å². The van der Waals surface area contributed by atoms with Crippen molar-refractivity contribution in [3.8, 4) is 5.75 Å². The number of fused-ring (bicyclic) bond motifs is 2. The van der Waals surface area contributed by atoms with Crippen molar-refractivity contribution in [1.82, 2.24) is 4.90 Å². The normalized spacial score (nSPS) is 16.5. The summed E-state index contributed by atoms with van der Waals surface area (Å²) in [5, 5.41) is 5.02. The number of carbonyl (C=O) groups is 2. The van der Waals surface area contributed by atoms with E-state index in [1.807, 2.05) is 81.4 Å². The van der Waals surface area contributed by atoms with Gasteiger partial charge in [0.1, 0.15) is 11.4 Å². The number of carbonyl (C=O) groups excluding carboxylic acids is 2. The predicted octanol–water partition coefficient (Wildman–Crippen LogP) is 5.52. The van der Waals surface area contributed by atoms with Crippen LogP contribution in [0.1, 0.15) is 44.9 Å². The van der Waals surface area contributed by atoms with Gasteiger partial charge in [-0.05, 0) is 61.7 Å². The molecule has 0 saturated heterocycles. The molecule has 6 nitrogen and oxygen atoms in total. The zero-order valence-electron chi connectivity index (χ0n) is 19.0. The third-order valence-electron chi connectivity index (χ3n) is 5.44. The highest BCUT2D eigenvalue weighted by molar-refractivity contribution is 5.97. The molecule has 3 aromatic rings. The topological polar surface area (TPSA) is 67.9 Å². The minimum absolute atomic E-state index is 0.197. The molecule has 1 N–H and O–H groups in total. The molecule has 32 heavy (non-hydrogen) atoms. The molecule has 1 heterocycles. The Balaban J connectivity index is 1.84. The van der Waals surface area contributed by atoms with Crippen LogP contribution >= 0.6 is 0 Å². The van der Waals surface area contributed by atoms with Crippen molar-refractivity contribution >= 4 is 28.5 Å². The average Bonchev–Trinajstić information content (AvgIpc) is 2.74. The van der Waals surface area contributed by atoms with Gasteiger partial charge in [-0.1, -0.05) is 48.5 Å². The number of benzene rings is 3. The second-order valence-electron chi connectivity index (χ2n) is 9.07. The Bertz CT molecular complexity index is 1180. The van der Waals surface area contributed by atoms with Gasteiger partial charge >= 0.3 is 6.09 Å². The lowest BCUT2D eigenvalue weighted by Gasteiger charge is -2.33. The zero-order chi connectivity index (χ0) is 23.0. The van der Waals surface area contributed by atoms with Crippen LogP contribution in [0.3, 0.4) is 0 Å². The van der Waals surface area contributed by atoms with Crippen LogP contribution in [0.15, 0.2) is 60.7 Å². The highest BCUT2D eigenvalue weighted by Crippen LogP contribution is 2.38. The highest BCUT2D eigenvalue weighted by Gasteiger charge is 2.31. The second-order valence-corrected chi connectivity index (χ2v) is 9.07. The molecule has 2 unspecified atom stereocenters. The van der Waals surface area contributed by atoms with Crippen LogP contribution < -0.4 is 10.1 Å². The molecule has 0 bridgehead atoms. The monoisotopic (exact) mass is 432 g/mol. The standard InChI is InChI=1S/C26H28N2O4/c1-16-24(29)27-21-15-18(13-14-22(21)31-16)23(28(5)25(30)32-26(2,3)4)20-12-8-10-17-9-6-7-11-19(17)20/h6-16,23H,1-5H3,(H,27,29). The lowest BCUT2D eigenvalue weighted by Crippen LogP contribution is -2.37. The molecule has 1 aliphatic heterocycles. The smallest absolute Gasteiger partial charge is 0.410 e. The number of amides is 2. The molecular formula is C26H28N2O4. The van der Waals surface area contributed by atoms with Gasteiger partial charge in [0, 0.05) is 7.05 Å². The summed E-state index contributed by atoms with van der Waals surface area (Å²) >= 11 is 0. The summed E-state index contributed by atoms with van der Waals surface area (Å²) < 4.78 is 11.4. The first-order chi connectivity index (χ1) is 15.1. The number of ether oxygens (including phenoxy) is 2. The lowest BCUT2D eigenvalue weighted by molar-refractivity contribution is -0.122. The van der Waals surface area contributed by atoms with Crippen LogP contribution in [0.2, 0.25) is 0 Å². The van der Waals surface area contributed by atoms with E-state index in [4.69, 9.17) is 9.47 Å². The Hall–Kier alpha value is -3.54. The largest absolute Gasteiger partial charge is 0.479 e. The summed E-state index contributed by atoms with van der Waals surface area (Å²) in [5.74, 6) is 0.411. The van der Waals surface area contributed by atoms with Crippen molar-refractivity contribution in [2.24, 2.45) is 0 Å². The van der Waals surface area contributed by atoms with E-state index in [9.17, 15) is 9.59 Å². The van der Waals surface area contributed by atoms with E-state index in [1.54, 1.807) is 18.9 Å². The van der Waals surface area contributed by atoms with Crippen LogP contribution in [0.25, 0.3) is 10.8 Å². The summed E-state index contributed by atoms with van der Waals surface area (Å²) in [6.45, 7) is 7.25. The average molecular weight is 433 g/mol. The summed E-state index contributed by atoms with van der Waals surface area (Å²) in [6.07, 6.45) is -0.978. The fourth-order valence-corrected chi connectivity index (χ4v) is 3.94. The van der Waals surface area contributed by atoms with Crippen LogP contribution in [-0.4, -0.2) is 35.7 Å². The van der Waals surface area contributed by atoms with Gasteiger partial charge in [-0.15, -0.1) is 0 Å². The van der Waals surface area contributed by atoms with Crippen molar-refractivity contribution in [3.05, 3.63) is 71.8 Å². The van der Waals surface area contributed by atoms with E-state index < -0.39 is 23.8 Å². The molecule has 1 aliphatic rings. The third-order valence-corrected chi connectivity index (χ3v) is 5.44.